The Hall–Kier alpha value is -9.04. The quantitative estimate of drug-likeness (QED) is 0.0446. The Balaban J connectivity index is 0.000000190. The van der Waals surface area contributed by atoms with Crippen LogP contribution in [0.25, 0.3) is 0 Å². The molecule has 0 amide bonds. The fourth-order valence-corrected chi connectivity index (χ4v) is 15.9. The Morgan fingerprint density at radius 3 is 1.35 bits per heavy atom. The lowest BCUT2D eigenvalue weighted by Crippen LogP contribution is -2.55. The lowest BCUT2D eigenvalue weighted by Gasteiger charge is -2.30. The summed E-state index contributed by atoms with van der Waals surface area (Å²) in [5, 5.41) is 25.6. The van der Waals surface area contributed by atoms with Crippen molar-refractivity contribution in [1.82, 2.24) is 56.4 Å². The summed E-state index contributed by atoms with van der Waals surface area (Å²) in [6.07, 6.45) is 11.6. The highest BCUT2D eigenvalue weighted by Crippen LogP contribution is 2.30. The molecule has 9 saturated heterocycles. The number of aromatic nitrogens is 2. The molecule has 9 aliphatic heterocycles. The van der Waals surface area contributed by atoms with E-state index >= 15 is 0 Å². The number of aryl methyl sites for hydroxylation is 3. The summed E-state index contributed by atoms with van der Waals surface area (Å²) in [7, 11) is -2.93. The van der Waals surface area contributed by atoms with E-state index in [-0.39, 0.29) is 32.0 Å². The van der Waals surface area contributed by atoms with Crippen molar-refractivity contribution in [3.8, 4) is 5.75 Å². The summed E-state index contributed by atoms with van der Waals surface area (Å²) in [4.78, 5) is 48.1. The van der Waals surface area contributed by atoms with Gasteiger partial charge < -0.3 is 76.3 Å². The molecule has 0 radical (unpaired) electrons. The van der Waals surface area contributed by atoms with Crippen LogP contribution in [-0.2, 0) is 15.9 Å². The van der Waals surface area contributed by atoms with Crippen molar-refractivity contribution >= 4 is 73.0 Å². The minimum absolute atomic E-state index is 0. The van der Waals surface area contributed by atoms with Gasteiger partial charge in [0, 0.05) is 273 Å². The molecule has 0 atom stereocenters. The molecule has 123 heavy (non-hydrogen) atoms. The molecule has 9 aliphatic rings. The molecule has 6 aromatic carbocycles. The fourth-order valence-electron chi connectivity index (χ4n) is 14.8. The van der Waals surface area contributed by atoms with Crippen LogP contribution >= 0.6 is 11.6 Å². The van der Waals surface area contributed by atoms with Crippen LogP contribution in [0.5, 0.6) is 5.75 Å². The van der Waals surface area contributed by atoms with Crippen LogP contribution in [-0.4, -0.2) is 262 Å². The van der Waals surface area contributed by atoms with Crippen molar-refractivity contribution in [2.24, 2.45) is 0 Å². The van der Waals surface area contributed by atoms with Gasteiger partial charge in [-0.25, -0.2) is 26.6 Å². The highest BCUT2D eigenvalue weighted by molar-refractivity contribution is 7.88. The second-order valence-electron chi connectivity index (χ2n) is 31.2. The van der Waals surface area contributed by atoms with E-state index in [2.05, 4.69) is 136 Å². The van der Waals surface area contributed by atoms with Crippen LogP contribution in [0.3, 0.4) is 0 Å². The van der Waals surface area contributed by atoms with Gasteiger partial charge in [0.25, 0.3) is 11.6 Å². The van der Waals surface area contributed by atoms with Crippen LogP contribution in [0, 0.1) is 31.5 Å². The van der Waals surface area contributed by atoms with Crippen molar-refractivity contribution in [2.75, 3.05) is 263 Å². The smallest absolute Gasteiger partial charge is 0.272 e. The van der Waals surface area contributed by atoms with Gasteiger partial charge in [-0.05, 0) is 181 Å². The van der Waals surface area contributed by atoms with E-state index in [0.29, 0.717) is 18.8 Å². The number of halogens is 4. The van der Waals surface area contributed by atoms with E-state index in [4.69, 9.17) is 16.3 Å². The van der Waals surface area contributed by atoms with Gasteiger partial charge in [-0.2, -0.15) is 4.31 Å². The predicted molar refractivity (Wildman–Crippen MR) is 506 cm³/mol. The first-order chi connectivity index (χ1) is 58.7. The maximum absolute atomic E-state index is 13.6. The number of carbonyl (C=O) groups excluding carboxylic acids is 1. The number of ether oxygens (including phenoxy) is 1. The van der Waals surface area contributed by atoms with Crippen molar-refractivity contribution in [1.29, 1.82) is 0 Å². The maximum Gasteiger partial charge on any atom is 0.272 e. The number of nitrogens with one attached hydrogen (secondary N) is 8. The summed E-state index contributed by atoms with van der Waals surface area (Å²) >= 11 is 6.26. The lowest BCUT2D eigenvalue weighted by molar-refractivity contribution is -0.379. The number of sulfonamides is 1. The van der Waals surface area contributed by atoms with Gasteiger partial charge in [-0.1, -0.05) is 80.5 Å². The molecule has 674 valence electrons. The second-order valence-corrected chi connectivity index (χ2v) is 33.6. The van der Waals surface area contributed by atoms with Crippen LogP contribution in [0.2, 0.25) is 5.02 Å². The zero-order valence-electron chi connectivity index (χ0n) is 72.1. The molecular formula is C94H140ClF3N19O5S+. The monoisotopic (exact) mass is 1740 g/mol. The Labute approximate surface area is 737 Å². The first-order valence-corrected chi connectivity index (χ1v) is 45.4. The lowest BCUT2D eigenvalue weighted by atomic mass is 10.1. The molecule has 29 heteroatoms. The number of hydrogen-bond acceptors (Lipinski definition) is 22. The van der Waals surface area contributed by atoms with E-state index in [0.717, 1.165) is 229 Å². The zero-order chi connectivity index (χ0) is 85.9. The Morgan fingerprint density at radius 2 is 0.919 bits per heavy atom. The molecule has 11 heterocycles. The van der Waals surface area contributed by atoms with Gasteiger partial charge in [0.05, 0.1) is 34.5 Å². The molecule has 0 spiro atoms. The van der Waals surface area contributed by atoms with E-state index in [1.165, 1.54) is 109 Å². The van der Waals surface area contributed by atoms with E-state index < -0.39 is 15.9 Å². The molecule has 2 aromatic heterocycles. The number of ketones is 1. The van der Waals surface area contributed by atoms with Gasteiger partial charge in [-0.15, -0.1) is 0 Å². The molecule has 0 aliphatic carbocycles. The summed E-state index contributed by atoms with van der Waals surface area (Å²) in [6.45, 7) is 42.2. The minimum Gasteiger partial charge on any atom is -0.492 e. The van der Waals surface area contributed by atoms with Gasteiger partial charge >= 0.3 is 0 Å². The van der Waals surface area contributed by atoms with Crippen LogP contribution in [0.4, 0.5) is 58.8 Å². The average molecular weight is 1740 g/mol. The molecule has 8 aromatic rings. The van der Waals surface area contributed by atoms with Crippen LogP contribution in [0.1, 0.15) is 87.0 Å². The molecule has 0 unspecified atom stereocenters. The number of Topliss-reactive ketones (excluding diaryl/α,β-unsaturated/α-hetero) is 1. The van der Waals surface area contributed by atoms with Gasteiger partial charge in [0.15, 0.2) is 5.78 Å². The summed E-state index contributed by atoms with van der Waals surface area (Å²) in [5.41, 5.74) is 11.8. The molecule has 24 nitrogen and oxygen atoms in total. The number of alkyl halides is 2. The van der Waals surface area contributed by atoms with Crippen molar-refractivity contribution in [3.05, 3.63) is 226 Å². The molecule has 8 N–H and O–H groups in total. The highest BCUT2D eigenvalue weighted by Gasteiger charge is 2.26. The molecular weight excluding hydrogens is 1600 g/mol. The summed E-state index contributed by atoms with van der Waals surface area (Å²) in [6, 6.07) is 53.1. The van der Waals surface area contributed by atoms with E-state index in [9.17, 15) is 31.3 Å². The van der Waals surface area contributed by atoms with E-state index in [1.54, 1.807) is 19.1 Å². The fraction of sp³-hybridized carbons (Fsp3) is 0.500. The third-order valence-electron chi connectivity index (χ3n) is 21.9. The predicted octanol–water partition coefficient (Wildman–Crippen LogP) is 11.4. The van der Waals surface area contributed by atoms with Crippen molar-refractivity contribution < 1.29 is 36.3 Å². The molecule has 0 bridgehead atoms. The summed E-state index contributed by atoms with van der Waals surface area (Å²) in [5.74, 6) is -1.04. The number of benzene rings is 6. The number of nitroso groups, excluding NO2 is 1. The average Bonchev–Trinajstić information content (AvgIpc) is 1.37. The largest absolute Gasteiger partial charge is 0.492 e. The van der Waals surface area contributed by atoms with Crippen molar-refractivity contribution in [3.63, 3.8) is 0 Å². The topological polar surface area (TPSA) is 231 Å². The number of anilines is 7. The second kappa shape index (κ2) is 55.3. The van der Waals surface area contributed by atoms with Crippen LogP contribution in [0.15, 0.2) is 182 Å². The normalized spacial score (nSPS) is 17.3. The zero-order valence-corrected chi connectivity index (χ0v) is 73.6. The van der Waals surface area contributed by atoms with Crippen molar-refractivity contribution in [2.45, 2.75) is 81.1 Å². The minimum atomic E-state index is -2.93. The standard InChI is InChI=1S/C12H16N2O.C12H17NO.C11H15ClN2.C11H15F2N3.C11H15FN2.C11H16N2.C10H13N3O.C9H12N2.C5H12N2O2S.2CH4/c1-10(15)11-2-4-12(5-3-11)14-8-6-13-7-9-14;1-2-6-12(7-3-1)14-11-10-13-8-4-5-9-13;1-9-3-2-4-10(11(9)12)14-7-5-13-6-8-14;1-11(12,13)9-2-3-10(15-8-9)16-6-4-14-5-7-16;1-9-2-3-11(10(12)8-9)14-6-4-13-5-7-14;1-10-2-4-11(5-3-10)13-8-6-12-7-9-13;14-12-9-1-3-10(4-2-9)13-7-5-11-6-8-13;1-2-7-11(6-1)9-4-3-5-10-8-9;1-10(8,9)7-4-2-6-3-5-7;;/h2-5,13H,6-9H2,1H3;1-3,6-7H,4-5,8-11H2;2-4,13H,5-8H2,1H3;2-3,8,14H,4-7H2,1H3;2-3,8,13H,4-7H2,1H3;2-5,12H,6-9H2,1H3;1-4,11H,5-8H2;3-5,8H,1-2,6-7H2;6H,2-5H2,1H3;2*1H4/p+1. The Morgan fingerprint density at radius 1 is 0.480 bits per heavy atom. The number of para-hydroxylation sites is 1. The third-order valence-corrected chi connectivity index (χ3v) is 23.7. The molecule has 9 fully saturated rings. The van der Waals surface area contributed by atoms with Gasteiger partial charge in [-0.3, -0.25) is 14.7 Å². The first-order valence-electron chi connectivity index (χ1n) is 43.2. The molecule has 17 rings (SSSR count). The molecule has 0 saturated carbocycles. The SMILES string of the molecule is C.C.CC(=O)c1ccc(N2CCNCC2)cc1.CC(F)(F)c1ccc(N2CCNCC2)nc1.CS(=O)(=O)N1CCNCC1.Cc1ccc(N2CCNCC2)c(F)c1.Cc1ccc(N2CCNCC2)cc1.Cc1cccc(N2CCNCC2)c1Cl.O=[NH+]c1ccc(N2CCNCC2)cc1.c1ccc(OCCN2CCCC2)cc1.c1cncc(N2CCCC2)c1. The van der Waals surface area contributed by atoms with Gasteiger partial charge in [0.2, 0.25) is 10.0 Å². The number of piperazine rings is 7. The number of likely N-dealkylation sites (tertiary alicyclic amines) is 1. The number of pyridine rings is 2. The third kappa shape index (κ3) is 36.2. The highest BCUT2D eigenvalue weighted by atomic mass is 35.5. The number of nitrogens with zero attached hydrogens (tertiary/aromatic N) is 11. The number of rotatable bonds is 15. The first kappa shape index (κ1) is 101. The number of carbonyl (C=O) groups is 1. The Kier molecular flexibility index (Phi) is 45.5. The maximum atomic E-state index is 13.6. The Bertz CT molecular complexity index is 4310. The number of hydrogen-bond donors (Lipinski definition) is 8. The van der Waals surface area contributed by atoms with Gasteiger partial charge in [0.1, 0.15) is 24.0 Å². The summed E-state index contributed by atoms with van der Waals surface area (Å²) < 4.78 is 68.4. The van der Waals surface area contributed by atoms with E-state index in [1.807, 2.05) is 135 Å². The van der Waals surface area contributed by atoms with Crippen LogP contribution < -0.4 is 81.4 Å².